The normalized spacial score (nSPS) is 18.6. The summed E-state index contributed by atoms with van der Waals surface area (Å²) >= 11 is 3.46. The summed E-state index contributed by atoms with van der Waals surface area (Å²) in [4.78, 5) is 11.2. The molecule has 0 fully saturated rings. The summed E-state index contributed by atoms with van der Waals surface area (Å²) in [6.45, 7) is 4.72. The highest BCUT2D eigenvalue weighted by Gasteiger charge is 2.26. The van der Waals surface area contributed by atoms with E-state index >= 15 is 0 Å². The summed E-state index contributed by atoms with van der Waals surface area (Å²) in [5.41, 5.74) is 16.5. The fourth-order valence-corrected chi connectivity index (χ4v) is 2.90. The molecular formula is C15H20BrN3O. The van der Waals surface area contributed by atoms with Crippen molar-refractivity contribution in [2.45, 2.75) is 32.9 Å². The van der Waals surface area contributed by atoms with Crippen molar-refractivity contribution in [3.63, 3.8) is 0 Å². The monoisotopic (exact) mass is 337 g/mol. The van der Waals surface area contributed by atoms with Crippen LogP contribution in [0.5, 0.6) is 0 Å². The van der Waals surface area contributed by atoms with E-state index in [-0.39, 0.29) is 6.04 Å². The SMILES string of the molecule is CC(C)C1=C(Cc2ccc(Br)cc2CN)C(C=O)NN1. The molecule has 1 atom stereocenters. The number of carbonyl (C=O) groups excluding carboxylic acids is 1. The van der Waals surface area contributed by atoms with E-state index in [1.165, 1.54) is 5.56 Å². The molecule has 2 rings (SSSR count). The predicted octanol–water partition coefficient (Wildman–Crippen LogP) is 2.04. The van der Waals surface area contributed by atoms with E-state index < -0.39 is 0 Å². The van der Waals surface area contributed by atoms with Crippen molar-refractivity contribution in [3.8, 4) is 0 Å². The van der Waals surface area contributed by atoms with Gasteiger partial charge < -0.3 is 16.0 Å². The maximum Gasteiger partial charge on any atom is 0.142 e. The number of hydrazine groups is 1. The van der Waals surface area contributed by atoms with Crippen LogP contribution in [0.4, 0.5) is 0 Å². The first kappa shape index (κ1) is 15.2. The lowest BCUT2D eigenvalue weighted by molar-refractivity contribution is -0.108. The summed E-state index contributed by atoms with van der Waals surface area (Å²) in [6.07, 6.45) is 1.68. The third kappa shape index (κ3) is 3.11. The van der Waals surface area contributed by atoms with Crippen LogP contribution in [-0.4, -0.2) is 12.3 Å². The molecule has 1 heterocycles. The van der Waals surface area contributed by atoms with Crippen LogP contribution < -0.4 is 16.6 Å². The van der Waals surface area contributed by atoms with Crippen LogP contribution in [0.3, 0.4) is 0 Å². The molecule has 1 aliphatic heterocycles. The first-order chi connectivity index (χ1) is 9.56. The molecule has 1 aliphatic rings. The molecule has 0 amide bonds. The van der Waals surface area contributed by atoms with Gasteiger partial charge in [0.05, 0.1) is 0 Å². The third-order valence-corrected chi connectivity index (χ3v) is 4.06. The molecule has 1 aromatic rings. The second kappa shape index (κ2) is 6.52. The number of aldehydes is 1. The molecular weight excluding hydrogens is 318 g/mol. The number of rotatable bonds is 5. The zero-order valence-corrected chi connectivity index (χ0v) is 13.3. The second-order valence-electron chi connectivity index (χ2n) is 5.27. The highest BCUT2D eigenvalue weighted by molar-refractivity contribution is 9.10. The lowest BCUT2D eigenvalue weighted by atomic mass is 9.93. The van der Waals surface area contributed by atoms with E-state index in [0.717, 1.165) is 34.0 Å². The number of nitrogens with two attached hydrogens (primary N) is 1. The summed E-state index contributed by atoms with van der Waals surface area (Å²) < 4.78 is 1.02. The van der Waals surface area contributed by atoms with Crippen molar-refractivity contribution in [1.82, 2.24) is 10.9 Å². The van der Waals surface area contributed by atoms with Crippen LogP contribution in [0.2, 0.25) is 0 Å². The molecule has 0 radical (unpaired) electrons. The van der Waals surface area contributed by atoms with Gasteiger partial charge in [0.15, 0.2) is 0 Å². The molecule has 4 N–H and O–H groups in total. The predicted molar refractivity (Wildman–Crippen MR) is 83.7 cm³/mol. The Morgan fingerprint density at radius 1 is 1.40 bits per heavy atom. The van der Waals surface area contributed by atoms with Gasteiger partial charge in [0.2, 0.25) is 0 Å². The Hall–Kier alpha value is -1.17. The van der Waals surface area contributed by atoms with Crippen LogP contribution in [0.25, 0.3) is 0 Å². The molecule has 0 spiro atoms. The summed E-state index contributed by atoms with van der Waals surface area (Å²) in [7, 11) is 0. The Morgan fingerprint density at radius 3 is 2.75 bits per heavy atom. The number of hydrogen-bond donors (Lipinski definition) is 3. The summed E-state index contributed by atoms with van der Waals surface area (Å²) in [5.74, 6) is 0.347. The molecule has 0 saturated heterocycles. The van der Waals surface area contributed by atoms with E-state index in [0.29, 0.717) is 12.5 Å². The van der Waals surface area contributed by atoms with Crippen LogP contribution in [0.15, 0.2) is 33.9 Å². The largest absolute Gasteiger partial charge is 0.326 e. The lowest BCUT2D eigenvalue weighted by Crippen LogP contribution is -2.34. The third-order valence-electron chi connectivity index (χ3n) is 3.57. The first-order valence-electron chi connectivity index (χ1n) is 6.74. The van der Waals surface area contributed by atoms with Gasteiger partial charge in [-0.3, -0.25) is 0 Å². The maximum absolute atomic E-state index is 11.2. The molecule has 1 aromatic carbocycles. The van der Waals surface area contributed by atoms with Crippen molar-refractivity contribution in [1.29, 1.82) is 0 Å². The quantitative estimate of drug-likeness (QED) is 0.719. The first-order valence-corrected chi connectivity index (χ1v) is 7.53. The van der Waals surface area contributed by atoms with Gasteiger partial charge in [-0.15, -0.1) is 0 Å². The van der Waals surface area contributed by atoms with Crippen LogP contribution >= 0.6 is 15.9 Å². The zero-order chi connectivity index (χ0) is 14.7. The van der Waals surface area contributed by atoms with Crippen molar-refractivity contribution >= 4 is 22.2 Å². The Labute approximate surface area is 127 Å². The van der Waals surface area contributed by atoms with E-state index in [1.54, 1.807) is 0 Å². The van der Waals surface area contributed by atoms with Crippen LogP contribution in [0.1, 0.15) is 25.0 Å². The molecule has 20 heavy (non-hydrogen) atoms. The van der Waals surface area contributed by atoms with Crippen molar-refractivity contribution in [3.05, 3.63) is 45.1 Å². The second-order valence-corrected chi connectivity index (χ2v) is 6.19. The number of halogens is 1. The molecule has 0 bridgehead atoms. The minimum absolute atomic E-state index is 0.262. The topological polar surface area (TPSA) is 67.2 Å². The Morgan fingerprint density at radius 2 is 2.15 bits per heavy atom. The van der Waals surface area contributed by atoms with Gasteiger partial charge in [0.1, 0.15) is 12.3 Å². The minimum Gasteiger partial charge on any atom is -0.326 e. The Kier molecular flexibility index (Phi) is 4.96. The van der Waals surface area contributed by atoms with E-state index in [1.807, 2.05) is 12.1 Å². The van der Waals surface area contributed by atoms with Gasteiger partial charge >= 0.3 is 0 Å². The van der Waals surface area contributed by atoms with Gasteiger partial charge in [0, 0.05) is 16.7 Å². The van der Waals surface area contributed by atoms with Crippen molar-refractivity contribution in [2.24, 2.45) is 11.7 Å². The van der Waals surface area contributed by atoms with E-state index in [4.69, 9.17) is 5.73 Å². The molecule has 0 aromatic heterocycles. The van der Waals surface area contributed by atoms with Gasteiger partial charge in [-0.2, -0.15) is 0 Å². The fourth-order valence-electron chi connectivity index (χ4n) is 2.49. The fraction of sp³-hybridized carbons (Fsp3) is 0.400. The Balaban J connectivity index is 2.35. The number of allylic oxidation sites excluding steroid dienone is 1. The number of nitrogens with one attached hydrogen (secondary N) is 2. The molecule has 0 saturated carbocycles. The number of benzene rings is 1. The highest BCUT2D eigenvalue weighted by Crippen LogP contribution is 2.25. The summed E-state index contributed by atoms with van der Waals surface area (Å²) in [5, 5.41) is 0. The lowest BCUT2D eigenvalue weighted by Gasteiger charge is -2.14. The zero-order valence-electron chi connectivity index (χ0n) is 11.7. The smallest absolute Gasteiger partial charge is 0.142 e. The average Bonchev–Trinajstić information content (AvgIpc) is 2.83. The van der Waals surface area contributed by atoms with Gasteiger partial charge in [-0.1, -0.05) is 35.8 Å². The van der Waals surface area contributed by atoms with Gasteiger partial charge in [-0.25, -0.2) is 5.43 Å². The molecule has 1 unspecified atom stereocenters. The number of hydrogen-bond acceptors (Lipinski definition) is 4. The van der Waals surface area contributed by atoms with Crippen molar-refractivity contribution < 1.29 is 4.79 Å². The molecule has 0 aliphatic carbocycles. The van der Waals surface area contributed by atoms with E-state index in [2.05, 4.69) is 46.7 Å². The molecule has 4 nitrogen and oxygen atoms in total. The van der Waals surface area contributed by atoms with Gasteiger partial charge in [-0.05, 0) is 41.2 Å². The summed E-state index contributed by atoms with van der Waals surface area (Å²) in [6, 6.07) is 5.85. The highest BCUT2D eigenvalue weighted by atomic mass is 79.9. The van der Waals surface area contributed by atoms with Crippen molar-refractivity contribution in [2.75, 3.05) is 0 Å². The van der Waals surface area contributed by atoms with Gasteiger partial charge in [0.25, 0.3) is 0 Å². The maximum atomic E-state index is 11.2. The van der Waals surface area contributed by atoms with E-state index in [9.17, 15) is 4.79 Å². The molecule has 108 valence electrons. The van der Waals surface area contributed by atoms with Crippen LogP contribution in [-0.2, 0) is 17.8 Å². The standard InChI is InChI=1S/C15H20BrN3O/c1-9(2)15-13(14(8-20)18-19-15)6-10-3-4-12(16)5-11(10)7-17/h3-5,8-9,14,18-19H,6-7,17H2,1-2H3. The van der Waals surface area contributed by atoms with Crippen LogP contribution in [0, 0.1) is 5.92 Å². The minimum atomic E-state index is -0.262. The Bertz CT molecular complexity index is 540. The average molecular weight is 338 g/mol. The number of carbonyl (C=O) groups is 1. The molecule has 5 heteroatoms.